The Morgan fingerprint density at radius 1 is 0.731 bits per heavy atom. The Morgan fingerprint density at radius 2 is 1.08 bits per heavy atom. The molecule has 136 valence electrons. The highest BCUT2D eigenvalue weighted by Gasteiger charge is 2.25. The van der Waals surface area contributed by atoms with Gasteiger partial charge in [-0.2, -0.15) is 0 Å². The van der Waals surface area contributed by atoms with E-state index in [9.17, 15) is 9.59 Å². The zero-order valence-electron chi connectivity index (χ0n) is 14.8. The summed E-state index contributed by atoms with van der Waals surface area (Å²) in [5.74, 6) is 0.0831. The number of benzene rings is 2. The summed E-state index contributed by atoms with van der Waals surface area (Å²) in [6, 6.07) is 11.6. The first-order valence-electron chi connectivity index (χ1n) is 8.47. The van der Waals surface area contributed by atoms with Crippen LogP contribution in [0.1, 0.15) is 31.8 Å². The Labute approximate surface area is 181 Å². The lowest BCUT2D eigenvalue weighted by molar-refractivity contribution is 0.0535. The summed E-state index contributed by atoms with van der Waals surface area (Å²) in [7, 11) is 0. The second-order valence-corrected chi connectivity index (χ2v) is 8.84. The predicted molar refractivity (Wildman–Crippen MR) is 120 cm³/mol. The fourth-order valence-corrected chi connectivity index (χ4v) is 3.96. The Hall–Kier alpha value is -1.16. The number of piperazine rings is 1. The lowest BCUT2D eigenvalue weighted by Gasteiger charge is -2.35. The van der Waals surface area contributed by atoms with Crippen LogP contribution in [0.25, 0.3) is 0 Å². The molecule has 2 aromatic carbocycles. The van der Waals surface area contributed by atoms with Crippen LogP contribution >= 0.6 is 45.2 Å². The Kier molecular flexibility index (Phi) is 6.21. The van der Waals surface area contributed by atoms with Gasteiger partial charge in [0.1, 0.15) is 0 Å². The van der Waals surface area contributed by atoms with Gasteiger partial charge in [-0.15, -0.1) is 0 Å². The highest BCUT2D eigenvalue weighted by molar-refractivity contribution is 14.1. The fraction of sp³-hybridized carbons (Fsp3) is 0.300. The number of carbonyl (C=O) groups is 2. The quantitative estimate of drug-likeness (QED) is 0.507. The third kappa shape index (κ3) is 4.21. The lowest BCUT2D eigenvalue weighted by atomic mass is 10.1. The second kappa shape index (κ2) is 8.24. The number of amides is 2. The van der Waals surface area contributed by atoms with Crippen LogP contribution in [0.5, 0.6) is 0 Å². The molecular weight excluding hydrogens is 554 g/mol. The average molecular weight is 574 g/mol. The van der Waals surface area contributed by atoms with Gasteiger partial charge in [0.05, 0.1) is 0 Å². The smallest absolute Gasteiger partial charge is 0.254 e. The molecule has 0 unspecified atom stereocenters. The van der Waals surface area contributed by atoms with Crippen molar-refractivity contribution in [1.29, 1.82) is 0 Å². The minimum absolute atomic E-state index is 0.0416. The van der Waals surface area contributed by atoms with E-state index in [0.717, 1.165) is 7.14 Å². The molecule has 4 nitrogen and oxygen atoms in total. The number of rotatable bonds is 2. The summed E-state index contributed by atoms with van der Waals surface area (Å²) in [4.78, 5) is 29.1. The number of carbonyl (C=O) groups excluding carboxylic acids is 2. The van der Waals surface area contributed by atoms with E-state index in [1.165, 1.54) is 11.1 Å². The maximum atomic E-state index is 12.7. The summed E-state index contributed by atoms with van der Waals surface area (Å²) in [5, 5.41) is 0. The topological polar surface area (TPSA) is 40.6 Å². The molecule has 2 amide bonds. The first-order chi connectivity index (χ1) is 12.4. The van der Waals surface area contributed by atoms with Crippen molar-refractivity contribution in [3.63, 3.8) is 0 Å². The van der Waals surface area contributed by atoms with Gasteiger partial charge in [-0.3, -0.25) is 9.59 Å². The molecule has 1 aliphatic heterocycles. The van der Waals surface area contributed by atoms with Crippen molar-refractivity contribution < 1.29 is 9.59 Å². The lowest BCUT2D eigenvalue weighted by Crippen LogP contribution is -2.50. The van der Waals surface area contributed by atoms with Gasteiger partial charge >= 0.3 is 0 Å². The zero-order valence-corrected chi connectivity index (χ0v) is 19.1. The monoisotopic (exact) mass is 574 g/mol. The van der Waals surface area contributed by atoms with E-state index in [1.807, 2.05) is 60.0 Å². The highest BCUT2D eigenvalue weighted by atomic mass is 127. The first kappa shape index (κ1) is 19.6. The number of hydrogen-bond acceptors (Lipinski definition) is 2. The second-order valence-electron chi connectivity index (χ2n) is 6.51. The molecule has 2 aromatic rings. The minimum atomic E-state index is 0.0416. The van der Waals surface area contributed by atoms with E-state index in [4.69, 9.17) is 0 Å². The molecule has 0 aromatic heterocycles. The molecular formula is C20H20I2N2O2. The van der Waals surface area contributed by atoms with Gasteiger partial charge in [0.25, 0.3) is 11.8 Å². The normalized spacial score (nSPS) is 14.5. The van der Waals surface area contributed by atoms with Crippen LogP contribution in [-0.2, 0) is 0 Å². The van der Waals surface area contributed by atoms with Crippen molar-refractivity contribution in [1.82, 2.24) is 9.80 Å². The van der Waals surface area contributed by atoms with Crippen LogP contribution in [0.15, 0.2) is 36.4 Å². The van der Waals surface area contributed by atoms with E-state index in [2.05, 4.69) is 45.2 Å². The SMILES string of the molecule is Cc1ccc(C(=O)N2CCN(C(=O)c3ccc(C)c(I)c3)CC2)cc1I. The Morgan fingerprint density at radius 3 is 1.38 bits per heavy atom. The van der Waals surface area contributed by atoms with E-state index < -0.39 is 0 Å². The third-order valence-electron chi connectivity index (χ3n) is 4.69. The fourth-order valence-electron chi connectivity index (χ4n) is 2.93. The van der Waals surface area contributed by atoms with E-state index in [1.54, 1.807) is 0 Å². The molecule has 0 spiro atoms. The summed E-state index contributed by atoms with van der Waals surface area (Å²) in [6.45, 7) is 6.34. The van der Waals surface area contributed by atoms with Gasteiger partial charge < -0.3 is 9.80 Å². The molecule has 6 heteroatoms. The number of hydrogen-bond donors (Lipinski definition) is 0. The Balaban J connectivity index is 1.64. The van der Waals surface area contributed by atoms with Crippen LogP contribution in [0.4, 0.5) is 0 Å². The van der Waals surface area contributed by atoms with Gasteiger partial charge in [-0.1, -0.05) is 12.1 Å². The molecule has 0 atom stereocenters. The van der Waals surface area contributed by atoms with E-state index in [-0.39, 0.29) is 11.8 Å². The van der Waals surface area contributed by atoms with Crippen LogP contribution in [-0.4, -0.2) is 47.8 Å². The maximum absolute atomic E-state index is 12.7. The molecule has 0 bridgehead atoms. The average Bonchev–Trinajstić information content (AvgIpc) is 2.65. The summed E-state index contributed by atoms with van der Waals surface area (Å²) in [6.07, 6.45) is 0. The summed E-state index contributed by atoms with van der Waals surface area (Å²) < 4.78 is 2.19. The molecule has 0 radical (unpaired) electrons. The molecule has 0 N–H and O–H groups in total. The van der Waals surface area contributed by atoms with Crippen molar-refractivity contribution in [3.05, 3.63) is 65.8 Å². The molecule has 1 saturated heterocycles. The standard InChI is InChI=1S/C20H20I2N2O2/c1-13-3-5-15(11-17(13)21)19(25)23-7-9-24(10-8-23)20(26)16-6-4-14(2)18(22)12-16/h3-6,11-12H,7-10H2,1-2H3. The largest absolute Gasteiger partial charge is 0.335 e. The van der Waals surface area contributed by atoms with Crippen molar-refractivity contribution in [2.24, 2.45) is 0 Å². The van der Waals surface area contributed by atoms with Gasteiger partial charge in [0.2, 0.25) is 0 Å². The van der Waals surface area contributed by atoms with Crippen LogP contribution < -0.4 is 0 Å². The van der Waals surface area contributed by atoms with Crippen molar-refractivity contribution in [2.45, 2.75) is 13.8 Å². The van der Waals surface area contributed by atoms with Gasteiger partial charge in [0, 0.05) is 44.4 Å². The highest BCUT2D eigenvalue weighted by Crippen LogP contribution is 2.18. The number of halogens is 2. The van der Waals surface area contributed by atoms with Crippen molar-refractivity contribution >= 4 is 57.0 Å². The van der Waals surface area contributed by atoms with Crippen LogP contribution in [0, 0.1) is 21.0 Å². The minimum Gasteiger partial charge on any atom is -0.335 e. The molecule has 3 rings (SSSR count). The predicted octanol–water partition coefficient (Wildman–Crippen LogP) is 4.11. The first-order valence-corrected chi connectivity index (χ1v) is 10.6. The molecule has 0 aliphatic carbocycles. The number of aryl methyl sites for hydroxylation is 2. The molecule has 1 fully saturated rings. The molecule has 26 heavy (non-hydrogen) atoms. The van der Waals surface area contributed by atoms with Crippen LogP contribution in [0.3, 0.4) is 0 Å². The van der Waals surface area contributed by atoms with Gasteiger partial charge in [-0.05, 0) is 94.4 Å². The number of nitrogens with zero attached hydrogens (tertiary/aromatic N) is 2. The molecule has 0 saturated carbocycles. The van der Waals surface area contributed by atoms with E-state index >= 15 is 0 Å². The molecule has 1 heterocycles. The van der Waals surface area contributed by atoms with Crippen molar-refractivity contribution in [2.75, 3.05) is 26.2 Å². The Bertz CT molecular complexity index is 787. The summed E-state index contributed by atoms with van der Waals surface area (Å²) in [5.41, 5.74) is 3.77. The van der Waals surface area contributed by atoms with E-state index in [0.29, 0.717) is 37.3 Å². The zero-order chi connectivity index (χ0) is 18.8. The van der Waals surface area contributed by atoms with Crippen molar-refractivity contribution in [3.8, 4) is 0 Å². The van der Waals surface area contributed by atoms with Gasteiger partial charge in [0.15, 0.2) is 0 Å². The van der Waals surface area contributed by atoms with Crippen LogP contribution in [0.2, 0.25) is 0 Å². The summed E-state index contributed by atoms with van der Waals surface area (Å²) >= 11 is 4.51. The molecule has 1 aliphatic rings. The van der Waals surface area contributed by atoms with Gasteiger partial charge in [-0.25, -0.2) is 0 Å². The maximum Gasteiger partial charge on any atom is 0.254 e. The third-order valence-corrected chi connectivity index (χ3v) is 7.02.